The summed E-state index contributed by atoms with van der Waals surface area (Å²) < 4.78 is 0. The van der Waals surface area contributed by atoms with Crippen LogP contribution in [-0.4, -0.2) is 35.2 Å². The lowest BCUT2D eigenvalue weighted by atomic mass is 9.97. The minimum Gasteiger partial charge on any atom is -0.390 e. The second kappa shape index (κ2) is 13.2. The largest absolute Gasteiger partial charge is 0.390 e. The second-order valence-corrected chi connectivity index (χ2v) is 9.09. The van der Waals surface area contributed by atoms with E-state index >= 15 is 0 Å². The molecule has 2 atom stereocenters. The summed E-state index contributed by atoms with van der Waals surface area (Å²) in [4.78, 5) is 2.44. The van der Waals surface area contributed by atoms with Gasteiger partial charge in [-0.2, -0.15) is 0 Å². The van der Waals surface area contributed by atoms with Crippen molar-refractivity contribution in [3.05, 3.63) is 108 Å². The van der Waals surface area contributed by atoms with Crippen LogP contribution in [-0.2, 0) is 19.5 Å². The molecule has 0 aliphatic heterocycles. The molecule has 32 heavy (non-hydrogen) atoms. The maximum Gasteiger partial charge on any atom is 0.0822 e. The topological polar surface area (TPSA) is 35.5 Å². The zero-order valence-corrected chi connectivity index (χ0v) is 19.5. The van der Waals surface area contributed by atoms with Gasteiger partial charge < -0.3 is 10.4 Å². The van der Waals surface area contributed by atoms with Gasteiger partial charge in [0.1, 0.15) is 0 Å². The van der Waals surface area contributed by atoms with Crippen molar-refractivity contribution in [3.8, 4) is 0 Å². The summed E-state index contributed by atoms with van der Waals surface area (Å²) in [6, 6.07) is 31.7. The Kier molecular flexibility index (Phi) is 9.96. The fourth-order valence-electron chi connectivity index (χ4n) is 4.07. The van der Waals surface area contributed by atoms with Crippen LogP contribution in [0.2, 0.25) is 0 Å². The van der Waals surface area contributed by atoms with Crippen molar-refractivity contribution in [2.24, 2.45) is 5.92 Å². The molecule has 0 unspecified atom stereocenters. The number of benzene rings is 3. The van der Waals surface area contributed by atoms with Crippen LogP contribution in [0.15, 0.2) is 91.0 Å². The van der Waals surface area contributed by atoms with Crippen molar-refractivity contribution in [2.45, 2.75) is 51.9 Å². The first kappa shape index (κ1) is 24.2. The van der Waals surface area contributed by atoms with Crippen molar-refractivity contribution in [3.63, 3.8) is 0 Å². The zero-order chi connectivity index (χ0) is 22.6. The van der Waals surface area contributed by atoms with Gasteiger partial charge in [-0.05, 0) is 42.0 Å². The third-order valence-electron chi connectivity index (χ3n) is 5.91. The Morgan fingerprint density at radius 2 is 1.19 bits per heavy atom. The molecule has 3 nitrogen and oxygen atoms in total. The van der Waals surface area contributed by atoms with E-state index in [1.54, 1.807) is 0 Å². The van der Waals surface area contributed by atoms with Gasteiger partial charge in [-0.3, -0.25) is 4.90 Å². The first-order valence-electron chi connectivity index (χ1n) is 11.9. The average molecular weight is 431 g/mol. The number of aliphatic hydroxyl groups is 1. The Bertz CT molecular complexity index is 826. The van der Waals surface area contributed by atoms with E-state index in [4.69, 9.17) is 0 Å². The molecule has 0 amide bonds. The summed E-state index contributed by atoms with van der Waals surface area (Å²) in [5.74, 6) is 0.660. The van der Waals surface area contributed by atoms with Gasteiger partial charge in [-0.15, -0.1) is 0 Å². The quantitative estimate of drug-likeness (QED) is 0.361. The van der Waals surface area contributed by atoms with Crippen LogP contribution in [0.5, 0.6) is 0 Å². The molecule has 3 aromatic carbocycles. The second-order valence-electron chi connectivity index (χ2n) is 9.09. The van der Waals surface area contributed by atoms with Crippen molar-refractivity contribution in [1.82, 2.24) is 10.2 Å². The number of nitrogens with one attached hydrogen (secondary N) is 1. The van der Waals surface area contributed by atoms with E-state index in [1.165, 1.54) is 16.7 Å². The SMILES string of the molecule is CC(C)CCNC[C@H](O)[C@H](Cc1ccccc1)N(Cc1ccccc1)Cc1ccccc1. The first-order chi connectivity index (χ1) is 15.6. The highest BCUT2D eigenvalue weighted by Gasteiger charge is 2.27. The lowest BCUT2D eigenvalue weighted by Crippen LogP contribution is -2.48. The maximum atomic E-state index is 11.4. The number of nitrogens with zero attached hydrogens (tertiary/aromatic N) is 1. The molecule has 3 rings (SSSR count). The van der Waals surface area contributed by atoms with Crippen LogP contribution in [0.4, 0.5) is 0 Å². The normalized spacial score (nSPS) is 13.4. The van der Waals surface area contributed by atoms with Gasteiger partial charge in [0.2, 0.25) is 0 Å². The molecule has 0 saturated heterocycles. The molecular formula is C29H38N2O. The molecule has 3 aromatic rings. The third kappa shape index (κ3) is 8.23. The highest BCUT2D eigenvalue weighted by Crippen LogP contribution is 2.19. The van der Waals surface area contributed by atoms with E-state index < -0.39 is 6.10 Å². The Balaban J connectivity index is 1.82. The Hall–Kier alpha value is -2.46. The van der Waals surface area contributed by atoms with E-state index in [2.05, 4.69) is 109 Å². The molecule has 0 saturated carbocycles. The zero-order valence-electron chi connectivity index (χ0n) is 19.5. The third-order valence-corrected chi connectivity index (χ3v) is 5.91. The molecule has 0 fully saturated rings. The standard InChI is InChI=1S/C29H38N2O/c1-24(2)18-19-30-21-29(32)28(20-25-12-6-3-7-13-25)31(22-26-14-8-4-9-15-26)23-27-16-10-5-11-17-27/h3-17,24,28-30,32H,18-23H2,1-2H3/t28-,29-/m0/s1. The minimum atomic E-state index is -0.463. The van der Waals surface area contributed by atoms with Gasteiger partial charge in [0, 0.05) is 25.7 Å². The Morgan fingerprint density at radius 1 is 0.719 bits per heavy atom. The fourth-order valence-corrected chi connectivity index (χ4v) is 4.07. The molecule has 0 bridgehead atoms. The van der Waals surface area contributed by atoms with E-state index in [1.807, 2.05) is 6.07 Å². The van der Waals surface area contributed by atoms with Gasteiger partial charge in [-0.25, -0.2) is 0 Å². The summed E-state index contributed by atoms with van der Waals surface area (Å²) in [5, 5.41) is 14.8. The van der Waals surface area contributed by atoms with Crippen molar-refractivity contribution < 1.29 is 5.11 Å². The van der Waals surface area contributed by atoms with Crippen molar-refractivity contribution in [2.75, 3.05) is 13.1 Å². The minimum absolute atomic E-state index is 0.00404. The first-order valence-corrected chi connectivity index (χ1v) is 11.9. The molecule has 0 aliphatic carbocycles. The monoisotopic (exact) mass is 430 g/mol. The van der Waals surface area contributed by atoms with Crippen molar-refractivity contribution >= 4 is 0 Å². The van der Waals surface area contributed by atoms with Gasteiger partial charge >= 0.3 is 0 Å². The molecular weight excluding hydrogens is 392 g/mol. The Morgan fingerprint density at radius 3 is 1.66 bits per heavy atom. The molecule has 0 radical (unpaired) electrons. The molecule has 0 heterocycles. The molecule has 3 heteroatoms. The highest BCUT2D eigenvalue weighted by molar-refractivity contribution is 5.20. The van der Waals surface area contributed by atoms with Gasteiger partial charge in [0.05, 0.1) is 6.10 Å². The number of hydrogen-bond donors (Lipinski definition) is 2. The van der Waals surface area contributed by atoms with E-state index in [0.717, 1.165) is 32.5 Å². The van der Waals surface area contributed by atoms with Crippen LogP contribution in [0.1, 0.15) is 37.0 Å². The summed E-state index contributed by atoms with van der Waals surface area (Å²) >= 11 is 0. The van der Waals surface area contributed by atoms with Crippen LogP contribution < -0.4 is 5.32 Å². The highest BCUT2D eigenvalue weighted by atomic mass is 16.3. The Labute approximate surface area is 194 Å². The summed E-state index contributed by atoms with van der Waals surface area (Å²) in [5.41, 5.74) is 3.78. The van der Waals surface area contributed by atoms with Crippen LogP contribution >= 0.6 is 0 Å². The molecule has 0 aliphatic rings. The smallest absolute Gasteiger partial charge is 0.0822 e. The fraction of sp³-hybridized carbons (Fsp3) is 0.379. The van der Waals surface area contributed by atoms with Crippen LogP contribution in [0.3, 0.4) is 0 Å². The average Bonchev–Trinajstić information content (AvgIpc) is 2.82. The summed E-state index contributed by atoms with van der Waals surface area (Å²) in [6.07, 6.45) is 1.47. The van der Waals surface area contributed by atoms with Gasteiger partial charge in [0.25, 0.3) is 0 Å². The van der Waals surface area contributed by atoms with Crippen molar-refractivity contribution in [1.29, 1.82) is 0 Å². The van der Waals surface area contributed by atoms with Gasteiger partial charge in [-0.1, -0.05) is 105 Å². The summed E-state index contributed by atoms with van der Waals surface area (Å²) in [7, 11) is 0. The van der Waals surface area contributed by atoms with Crippen LogP contribution in [0.25, 0.3) is 0 Å². The predicted molar refractivity (Wildman–Crippen MR) is 134 cm³/mol. The maximum absolute atomic E-state index is 11.4. The molecule has 0 spiro atoms. The predicted octanol–water partition coefficient (Wildman–Crippen LogP) is 5.30. The van der Waals surface area contributed by atoms with E-state index in [9.17, 15) is 5.11 Å². The summed E-state index contributed by atoms with van der Waals surface area (Å²) in [6.45, 7) is 7.61. The molecule has 170 valence electrons. The van der Waals surface area contributed by atoms with E-state index in [-0.39, 0.29) is 6.04 Å². The van der Waals surface area contributed by atoms with Crippen LogP contribution in [0, 0.1) is 5.92 Å². The number of aliphatic hydroxyl groups excluding tert-OH is 1. The lowest BCUT2D eigenvalue weighted by Gasteiger charge is -2.35. The molecule has 0 aromatic heterocycles. The van der Waals surface area contributed by atoms with Gasteiger partial charge in [0.15, 0.2) is 0 Å². The number of hydrogen-bond acceptors (Lipinski definition) is 3. The lowest BCUT2D eigenvalue weighted by molar-refractivity contribution is 0.0393. The van der Waals surface area contributed by atoms with E-state index in [0.29, 0.717) is 12.5 Å². The number of rotatable bonds is 13. The molecule has 2 N–H and O–H groups in total.